The number of benzene rings is 4. The molecule has 0 spiro atoms. The third-order valence-electron chi connectivity index (χ3n) is 8.41. The van der Waals surface area contributed by atoms with Crippen molar-refractivity contribution in [3.8, 4) is 17.2 Å². The number of hydrogen-bond donors (Lipinski definition) is 2. The molecule has 2 N–H and O–H groups in total. The minimum atomic E-state index is -4.03. The van der Waals surface area contributed by atoms with Crippen LogP contribution in [0.3, 0.4) is 0 Å². The van der Waals surface area contributed by atoms with Crippen molar-refractivity contribution in [2.45, 2.75) is 19.0 Å². The second kappa shape index (κ2) is 14.3. The fraction of sp³-hybridized carbons (Fsp3) is 0.200. The van der Waals surface area contributed by atoms with E-state index in [0.29, 0.717) is 17.4 Å². The molecule has 1 atom stereocenters. The number of aryl methyl sites for hydroxylation is 1. The number of anilines is 1. The smallest absolute Gasteiger partial charge is 0.405 e. The average molecular weight is 771 g/mol. The van der Waals surface area contributed by atoms with Crippen molar-refractivity contribution < 1.29 is 41.0 Å². The van der Waals surface area contributed by atoms with Crippen molar-refractivity contribution in [2.24, 2.45) is 7.05 Å². The maximum Gasteiger partial charge on any atom is 0.405 e. The van der Waals surface area contributed by atoms with Gasteiger partial charge in [-0.15, -0.1) is 0 Å². The quantitative estimate of drug-likeness (QED) is 0.164. The number of amides is 1. The summed E-state index contributed by atoms with van der Waals surface area (Å²) in [5.74, 6) is -3.02. The normalized spacial score (nSPS) is 12.2. The highest BCUT2D eigenvalue weighted by molar-refractivity contribution is 7.92. The van der Waals surface area contributed by atoms with Gasteiger partial charge < -0.3 is 19.9 Å². The van der Waals surface area contributed by atoms with Crippen LogP contribution in [0.4, 0.5) is 23.8 Å². The Bertz CT molecular complexity index is 2560. The molecule has 0 saturated heterocycles. The first-order valence-corrected chi connectivity index (χ1v) is 17.8. The molecule has 1 unspecified atom stereocenters. The minimum Gasteiger partial charge on any atom is -0.497 e. The molecule has 0 aliphatic rings. The monoisotopic (exact) mass is 770 g/mol. The first-order valence-electron chi connectivity index (χ1n) is 15.6. The Kier molecular flexibility index (Phi) is 9.98. The number of rotatable bonds is 11. The van der Waals surface area contributed by atoms with Crippen LogP contribution < -0.4 is 24.7 Å². The van der Waals surface area contributed by atoms with Crippen LogP contribution in [0.15, 0.2) is 71.5 Å². The van der Waals surface area contributed by atoms with E-state index in [1.807, 2.05) is 0 Å². The van der Waals surface area contributed by atoms with Gasteiger partial charge in [-0.2, -0.15) is 5.10 Å². The summed E-state index contributed by atoms with van der Waals surface area (Å²) in [7, 11) is 0.111. The van der Waals surface area contributed by atoms with Crippen molar-refractivity contribution in [3.05, 3.63) is 117 Å². The van der Waals surface area contributed by atoms with Gasteiger partial charge in [0.1, 0.15) is 28.7 Å². The van der Waals surface area contributed by atoms with E-state index >= 15 is 0 Å². The summed E-state index contributed by atoms with van der Waals surface area (Å²) in [6, 6.07) is 12.8. The number of ether oxygens (including phenoxy) is 2. The molecule has 0 aliphatic carbocycles. The van der Waals surface area contributed by atoms with E-state index in [1.165, 1.54) is 37.0 Å². The van der Waals surface area contributed by atoms with Crippen LogP contribution >= 0.6 is 11.6 Å². The lowest BCUT2D eigenvalue weighted by molar-refractivity contribution is 0.189. The predicted octanol–water partition coefficient (Wildman–Crippen LogP) is 5.88. The molecule has 2 heterocycles. The number of halogens is 4. The van der Waals surface area contributed by atoms with Gasteiger partial charge in [0.15, 0.2) is 17.4 Å². The zero-order valence-electron chi connectivity index (χ0n) is 28.4. The Balaban J connectivity index is 1.66. The molecule has 0 fully saturated rings. The summed E-state index contributed by atoms with van der Waals surface area (Å²) in [5.41, 5.74) is -0.360. The van der Waals surface area contributed by atoms with Crippen molar-refractivity contribution in [3.63, 3.8) is 0 Å². The number of carbonyl (C=O) groups is 1. The molecule has 0 radical (unpaired) electrons. The Morgan fingerprint density at radius 2 is 1.68 bits per heavy atom. The lowest BCUT2D eigenvalue weighted by Crippen LogP contribution is -2.35. The largest absolute Gasteiger partial charge is 0.497 e. The molecule has 1 amide bonds. The third kappa shape index (κ3) is 7.17. The Labute approximate surface area is 304 Å². The molecule has 18 heteroatoms. The van der Waals surface area contributed by atoms with E-state index in [-0.39, 0.29) is 56.3 Å². The molecule has 0 aliphatic heterocycles. The Morgan fingerprint density at radius 3 is 2.28 bits per heavy atom. The van der Waals surface area contributed by atoms with Crippen LogP contribution in [0.5, 0.6) is 11.5 Å². The van der Waals surface area contributed by atoms with Gasteiger partial charge >= 0.3 is 6.09 Å². The second-order valence-corrected chi connectivity index (χ2v) is 14.2. The Hall–Kier alpha value is -5.81. The number of carboxylic acid groups (broad SMARTS) is 1. The molecule has 0 saturated carbocycles. The number of nitrogens with one attached hydrogen (secondary N) is 1. The topological polar surface area (TPSA) is 158 Å². The molecule has 13 nitrogen and oxygen atoms in total. The van der Waals surface area contributed by atoms with E-state index in [2.05, 4.69) is 15.4 Å². The van der Waals surface area contributed by atoms with Crippen LogP contribution in [0.1, 0.15) is 23.0 Å². The van der Waals surface area contributed by atoms with Gasteiger partial charge in [0.25, 0.3) is 5.56 Å². The standard InChI is InChI=1S/C35H30ClF3N6O7S/c1-43-30-27(12-10-24(36)28(30)33(42-43)44(53(4,49)50)17-18-5-7-22(51-2)8-6-18)45-32(41-29-23(34(45)46)9-11-25(39)31(29)52-3)26(40-35(47)48)15-19-13-20(37)16-21(38)14-19/h5-14,16,26,40H,15,17H2,1-4H3,(H,47,48). The molecule has 4 aromatic carbocycles. The van der Waals surface area contributed by atoms with Crippen molar-refractivity contribution >= 4 is 55.3 Å². The van der Waals surface area contributed by atoms with E-state index in [1.54, 1.807) is 24.3 Å². The average Bonchev–Trinajstić information content (AvgIpc) is 3.43. The molecule has 0 bridgehead atoms. The number of hydrogen-bond acceptors (Lipinski definition) is 8. The van der Waals surface area contributed by atoms with Gasteiger partial charge in [-0.05, 0) is 59.7 Å². The number of aromatic nitrogens is 4. The van der Waals surface area contributed by atoms with Gasteiger partial charge in [-0.1, -0.05) is 23.7 Å². The summed E-state index contributed by atoms with van der Waals surface area (Å²) >= 11 is 6.76. The molecule has 276 valence electrons. The molecule has 6 aromatic rings. The van der Waals surface area contributed by atoms with E-state index in [9.17, 15) is 36.3 Å². The molecule has 6 rings (SSSR count). The number of sulfonamides is 1. The van der Waals surface area contributed by atoms with Crippen molar-refractivity contribution in [1.29, 1.82) is 0 Å². The third-order valence-corrected chi connectivity index (χ3v) is 9.83. The molecule has 2 aromatic heterocycles. The first kappa shape index (κ1) is 37.0. The highest BCUT2D eigenvalue weighted by atomic mass is 35.5. The number of nitrogens with zero attached hydrogens (tertiary/aromatic N) is 5. The van der Waals surface area contributed by atoms with E-state index in [0.717, 1.165) is 40.4 Å². The van der Waals surface area contributed by atoms with Crippen LogP contribution in [-0.4, -0.2) is 59.4 Å². The van der Waals surface area contributed by atoms with Gasteiger partial charge in [0, 0.05) is 19.5 Å². The van der Waals surface area contributed by atoms with Crippen molar-refractivity contribution in [2.75, 3.05) is 24.8 Å². The summed E-state index contributed by atoms with van der Waals surface area (Å²) in [6.45, 7) is -0.168. The predicted molar refractivity (Wildman–Crippen MR) is 191 cm³/mol. The van der Waals surface area contributed by atoms with Gasteiger partial charge in [0.2, 0.25) is 10.0 Å². The lowest BCUT2D eigenvalue weighted by Gasteiger charge is -2.23. The lowest BCUT2D eigenvalue weighted by atomic mass is 10.0. The minimum absolute atomic E-state index is 0.000230. The van der Waals surface area contributed by atoms with Crippen molar-refractivity contribution in [1.82, 2.24) is 24.6 Å². The summed E-state index contributed by atoms with van der Waals surface area (Å²) in [5, 5.41) is 16.7. The van der Waals surface area contributed by atoms with E-state index in [4.69, 9.17) is 21.1 Å². The van der Waals surface area contributed by atoms with Crippen LogP contribution in [0.25, 0.3) is 27.5 Å². The Morgan fingerprint density at radius 1 is 1.00 bits per heavy atom. The fourth-order valence-corrected chi connectivity index (χ4v) is 7.20. The number of fused-ring (bicyclic) bond motifs is 2. The molecule has 53 heavy (non-hydrogen) atoms. The SMILES string of the molecule is COc1ccc(CN(c2nn(C)c3c(-n4c(C(Cc5cc(F)cc(F)c5)NC(=O)O)nc5c(OC)c(F)ccc5c4=O)ccc(Cl)c23)S(C)(=O)=O)cc1. The van der Waals surface area contributed by atoms with Gasteiger partial charge in [-0.25, -0.2) is 35.7 Å². The second-order valence-electron chi connectivity index (χ2n) is 11.9. The van der Waals surface area contributed by atoms with Crippen LogP contribution in [-0.2, 0) is 30.0 Å². The zero-order valence-corrected chi connectivity index (χ0v) is 30.0. The zero-order chi connectivity index (χ0) is 38.4. The van der Waals surface area contributed by atoms with Gasteiger partial charge in [0.05, 0.1) is 60.1 Å². The van der Waals surface area contributed by atoms with Crippen LogP contribution in [0.2, 0.25) is 5.02 Å². The molecular weight excluding hydrogens is 741 g/mol. The molecular formula is C35H30ClF3N6O7S. The number of methoxy groups -OCH3 is 2. The van der Waals surface area contributed by atoms with Crippen LogP contribution in [0, 0.1) is 17.5 Å². The maximum absolute atomic E-state index is 15.0. The highest BCUT2D eigenvalue weighted by Crippen LogP contribution is 2.38. The summed E-state index contributed by atoms with van der Waals surface area (Å²) in [4.78, 5) is 31.3. The summed E-state index contributed by atoms with van der Waals surface area (Å²) < 4.78 is 84.0. The van der Waals surface area contributed by atoms with Gasteiger partial charge in [-0.3, -0.25) is 14.0 Å². The fourth-order valence-electron chi connectivity index (χ4n) is 6.14. The maximum atomic E-state index is 15.0. The first-order chi connectivity index (χ1) is 25.1. The summed E-state index contributed by atoms with van der Waals surface area (Å²) in [6.07, 6.45) is -1.01. The highest BCUT2D eigenvalue weighted by Gasteiger charge is 2.31. The van der Waals surface area contributed by atoms with E-state index < -0.39 is 57.3 Å².